The van der Waals surface area contributed by atoms with Crippen LogP contribution >= 0.6 is 0 Å². The van der Waals surface area contributed by atoms with E-state index in [2.05, 4.69) is 15.3 Å². The molecule has 8 heteroatoms. The first-order valence-corrected chi connectivity index (χ1v) is 9.87. The van der Waals surface area contributed by atoms with Crippen molar-refractivity contribution in [2.45, 2.75) is 4.90 Å². The van der Waals surface area contributed by atoms with Crippen molar-refractivity contribution in [3.63, 3.8) is 0 Å². The fraction of sp³-hybridized carbons (Fsp3) is 0.278. The quantitative estimate of drug-likeness (QED) is 0.751. The molecule has 1 aromatic heterocycles. The van der Waals surface area contributed by atoms with Gasteiger partial charge in [-0.1, -0.05) is 0 Å². The van der Waals surface area contributed by atoms with Crippen LogP contribution < -0.4 is 15.0 Å². The molecule has 0 bridgehead atoms. The summed E-state index contributed by atoms with van der Waals surface area (Å²) in [5.74, 6) is 0.607. The smallest absolute Gasteiger partial charge is 0.283 e. The normalized spacial score (nSPS) is 15.3. The number of methoxy groups -OCH3 is 1. The number of benzene rings is 2. The molecule has 136 valence electrons. The lowest BCUT2D eigenvalue weighted by atomic mass is 10.2. The van der Waals surface area contributed by atoms with E-state index in [9.17, 15) is 8.42 Å². The van der Waals surface area contributed by atoms with Gasteiger partial charge in [-0.25, -0.2) is 0 Å². The van der Waals surface area contributed by atoms with Gasteiger partial charge in [0.2, 0.25) is 0 Å². The fourth-order valence-electron chi connectivity index (χ4n) is 3.14. The van der Waals surface area contributed by atoms with Crippen LogP contribution in [-0.4, -0.2) is 50.9 Å². The molecule has 0 spiro atoms. The van der Waals surface area contributed by atoms with E-state index in [4.69, 9.17) is 4.74 Å². The summed E-state index contributed by atoms with van der Waals surface area (Å²) in [4.78, 5) is 2.42. The van der Waals surface area contributed by atoms with Crippen LogP contribution in [0.25, 0.3) is 10.9 Å². The minimum atomic E-state index is -3.78. The van der Waals surface area contributed by atoms with Gasteiger partial charge < -0.3 is 15.0 Å². The van der Waals surface area contributed by atoms with Crippen molar-refractivity contribution in [2.75, 3.05) is 38.2 Å². The summed E-state index contributed by atoms with van der Waals surface area (Å²) >= 11 is 0. The molecular weight excluding hydrogens is 352 g/mol. The van der Waals surface area contributed by atoms with Gasteiger partial charge in [-0.15, -0.1) is 0 Å². The SMILES string of the molecule is COc1ccc(S(=O)(=O)n2ncc3ccc(N4CCNCC4)cc32)cc1. The van der Waals surface area contributed by atoms with Gasteiger partial charge in [0.05, 0.1) is 23.7 Å². The number of hydrogen-bond acceptors (Lipinski definition) is 6. The molecule has 26 heavy (non-hydrogen) atoms. The van der Waals surface area contributed by atoms with Crippen LogP contribution in [-0.2, 0) is 10.0 Å². The van der Waals surface area contributed by atoms with Crippen molar-refractivity contribution in [2.24, 2.45) is 0 Å². The Hall–Kier alpha value is -2.58. The number of hydrogen-bond donors (Lipinski definition) is 1. The van der Waals surface area contributed by atoms with E-state index in [-0.39, 0.29) is 4.90 Å². The van der Waals surface area contributed by atoms with Crippen LogP contribution in [0.1, 0.15) is 0 Å². The molecule has 2 heterocycles. The number of nitrogens with zero attached hydrogens (tertiary/aromatic N) is 3. The molecule has 4 rings (SSSR count). The van der Waals surface area contributed by atoms with Crippen molar-refractivity contribution in [3.05, 3.63) is 48.7 Å². The van der Waals surface area contributed by atoms with Crippen LogP contribution in [0, 0.1) is 0 Å². The Morgan fingerprint density at radius 2 is 1.81 bits per heavy atom. The molecular formula is C18H20N4O3S. The number of nitrogens with one attached hydrogen (secondary N) is 1. The van der Waals surface area contributed by atoms with Gasteiger partial charge in [0.25, 0.3) is 10.0 Å². The van der Waals surface area contributed by atoms with Gasteiger partial charge >= 0.3 is 0 Å². The molecule has 0 amide bonds. The van der Waals surface area contributed by atoms with Crippen molar-refractivity contribution >= 4 is 26.6 Å². The summed E-state index contributed by atoms with van der Waals surface area (Å²) in [6.07, 6.45) is 1.58. The lowest BCUT2D eigenvalue weighted by Gasteiger charge is -2.29. The lowest BCUT2D eigenvalue weighted by molar-refractivity contribution is 0.414. The zero-order valence-electron chi connectivity index (χ0n) is 14.4. The second-order valence-corrected chi connectivity index (χ2v) is 7.92. The minimum Gasteiger partial charge on any atom is -0.497 e. The van der Waals surface area contributed by atoms with E-state index in [0.29, 0.717) is 11.3 Å². The number of anilines is 1. The Morgan fingerprint density at radius 1 is 1.08 bits per heavy atom. The largest absolute Gasteiger partial charge is 0.497 e. The minimum absolute atomic E-state index is 0.177. The number of rotatable bonds is 4. The highest BCUT2D eigenvalue weighted by molar-refractivity contribution is 7.90. The van der Waals surface area contributed by atoms with E-state index >= 15 is 0 Å². The summed E-state index contributed by atoms with van der Waals surface area (Å²) in [5, 5.41) is 8.25. The summed E-state index contributed by atoms with van der Waals surface area (Å²) in [6.45, 7) is 3.62. The third-order valence-electron chi connectivity index (χ3n) is 4.59. The second kappa shape index (κ2) is 6.62. The van der Waals surface area contributed by atoms with Gasteiger partial charge in [0.15, 0.2) is 0 Å². The van der Waals surface area contributed by atoms with E-state index in [1.807, 2.05) is 18.2 Å². The van der Waals surface area contributed by atoms with E-state index in [1.165, 1.54) is 12.1 Å². The molecule has 0 atom stereocenters. The third-order valence-corrected chi connectivity index (χ3v) is 6.20. The Kier molecular flexibility index (Phi) is 4.29. The maximum Gasteiger partial charge on any atom is 0.283 e. The summed E-state index contributed by atoms with van der Waals surface area (Å²) in [5.41, 5.74) is 1.59. The second-order valence-electron chi connectivity index (χ2n) is 6.15. The molecule has 3 aromatic rings. The van der Waals surface area contributed by atoms with Crippen LogP contribution in [0.5, 0.6) is 5.75 Å². The molecule has 1 fully saturated rings. The van der Waals surface area contributed by atoms with Crippen molar-refractivity contribution in [1.82, 2.24) is 14.5 Å². The number of piperazine rings is 1. The average molecular weight is 372 g/mol. The first-order valence-electron chi connectivity index (χ1n) is 8.43. The van der Waals surface area contributed by atoms with E-state index in [0.717, 1.165) is 41.3 Å². The molecule has 1 aliphatic heterocycles. The van der Waals surface area contributed by atoms with Gasteiger partial charge in [-0.2, -0.15) is 17.6 Å². The Bertz CT molecular complexity index is 1020. The molecule has 1 saturated heterocycles. The van der Waals surface area contributed by atoms with Crippen LogP contribution in [0.2, 0.25) is 0 Å². The average Bonchev–Trinajstić information content (AvgIpc) is 3.13. The molecule has 2 aromatic carbocycles. The third kappa shape index (κ3) is 2.91. The van der Waals surface area contributed by atoms with Crippen molar-refractivity contribution in [1.29, 1.82) is 0 Å². The highest BCUT2D eigenvalue weighted by Gasteiger charge is 2.21. The predicted molar refractivity (Wildman–Crippen MR) is 100 cm³/mol. The number of fused-ring (bicyclic) bond motifs is 1. The molecule has 0 unspecified atom stereocenters. The lowest BCUT2D eigenvalue weighted by Crippen LogP contribution is -2.43. The number of aromatic nitrogens is 2. The van der Waals surface area contributed by atoms with Crippen molar-refractivity contribution < 1.29 is 13.2 Å². The maximum atomic E-state index is 13.0. The molecule has 7 nitrogen and oxygen atoms in total. The van der Waals surface area contributed by atoms with Crippen molar-refractivity contribution in [3.8, 4) is 5.75 Å². The Labute approximate surface area is 152 Å². The van der Waals surface area contributed by atoms with Gasteiger partial charge in [0, 0.05) is 37.3 Å². The van der Waals surface area contributed by atoms with Crippen LogP contribution in [0.3, 0.4) is 0 Å². The van der Waals surface area contributed by atoms with Gasteiger partial charge in [-0.05, 0) is 42.5 Å². The zero-order valence-corrected chi connectivity index (χ0v) is 15.2. The molecule has 1 N–H and O–H groups in total. The number of ether oxygens (including phenoxy) is 1. The monoisotopic (exact) mass is 372 g/mol. The molecule has 0 aliphatic carbocycles. The Morgan fingerprint density at radius 3 is 2.50 bits per heavy atom. The topological polar surface area (TPSA) is 76.5 Å². The van der Waals surface area contributed by atoms with Crippen LogP contribution in [0.4, 0.5) is 5.69 Å². The first-order chi connectivity index (χ1) is 12.6. The predicted octanol–water partition coefficient (Wildman–Crippen LogP) is 1.69. The highest BCUT2D eigenvalue weighted by atomic mass is 32.2. The standard InChI is InChI=1S/C18H20N4O3S/c1-25-16-4-6-17(7-5-16)26(23,24)22-18-12-15(3-2-14(18)13-20-22)21-10-8-19-9-11-21/h2-7,12-13,19H,8-11H2,1H3. The summed E-state index contributed by atoms with van der Waals surface area (Å²) < 4.78 is 32.3. The van der Waals surface area contributed by atoms with E-state index in [1.54, 1.807) is 25.4 Å². The van der Waals surface area contributed by atoms with Gasteiger partial charge in [0.1, 0.15) is 5.75 Å². The maximum absolute atomic E-state index is 13.0. The first kappa shape index (κ1) is 16.9. The van der Waals surface area contributed by atoms with Gasteiger partial charge in [-0.3, -0.25) is 0 Å². The Balaban J connectivity index is 1.77. The summed E-state index contributed by atoms with van der Waals surface area (Å²) in [6, 6.07) is 12.1. The molecule has 0 radical (unpaired) electrons. The zero-order chi connectivity index (χ0) is 18.1. The molecule has 1 aliphatic rings. The fourth-order valence-corrected chi connectivity index (χ4v) is 4.41. The van der Waals surface area contributed by atoms with E-state index < -0.39 is 10.0 Å². The molecule has 0 saturated carbocycles. The van der Waals surface area contributed by atoms with Crippen LogP contribution in [0.15, 0.2) is 53.6 Å². The highest BCUT2D eigenvalue weighted by Crippen LogP contribution is 2.26. The summed E-state index contributed by atoms with van der Waals surface area (Å²) in [7, 11) is -2.23.